The zero-order chi connectivity index (χ0) is 11.6. The lowest BCUT2D eigenvalue weighted by molar-refractivity contribution is -0.141. The molecule has 1 aromatic heterocycles. The molecule has 1 N–H and O–H groups in total. The third kappa shape index (κ3) is 2.46. The number of Topliss-reactive ketones (excluding diaryl/α,β-unsaturated/α-hetero) is 1. The first-order chi connectivity index (χ1) is 6.93. The van der Waals surface area contributed by atoms with Gasteiger partial charge in [-0.15, -0.1) is 0 Å². The van der Waals surface area contributed by atoms with Gasteiger partial charge in [0, 0.05) is 0 Å². The second-order valence-electron chi connectivity index (χ2n) is 3.83. The number of hydrogen-bond acceptors (Lipinski definition) is 3. The van der Waals surface area contributed by atoms with Crippen LogP contribution in [0.5, 0.6) is 0 Å². The van der Waals surface area contributed by atoms with E-state index in [1.54, 1.807) is 26.8 Å². The molecule has 0 aliphatic carbocycles. The van der Waals surface area contributed by atoms with Crippen LogP contribution in [0.2, 0.25) is 0 Å². The average molecular weight is 210 g/mol. The van der Waals surface area contributed by atoms with Gasteiger partial charge >= 0.3 is 5.97 Å². The Morgan fingerprint density at radius 1 is 1.33 bits per heavy atom. The summed E-state index contributed by atoms with van der Waals surface area (Å²) in [5, 5.41) is 8.92. The van der Waals surface area contributed by atoms with Crippen LogP contribution in [0.1, 0.15) is 30.2 Å². The van der Waals surface area contributed by atoms with E-state index in [0.717, 1.165) is 0 Å². The fraction of sp³-hybridized carbons (Fsp3) is 0.455. The maximum absolute atomic E-state index is 11.8. The number of carbonyl (C=O) groups excluding carboxylic acids is 1. The van der Waals surface area contributed by atoms with Gasteiger partial charge in [-0.3, -0.25) is 9.59 Å². The van der Waals surface area contributed by atoms with Gasteiger partial charge in [0.2, 0.25) is 5.78 Å². The predicted molar refractivity (Wildman–Crippen MR) is 53.7 cm³/mol. The minimum absolute atomic E-state index is 0.119. The Hall–Kier alpha value is -1.58. The molecule has 0 amide bonds. The van der Waals surface area contributed by atoms with Crippen LogP contribution < -0.4 is 0 Å². The number of aryl methyl sites for hydroxylation is 1. The summed E-state index contributed by atoms with van der Waals surface area (Å²) in [4.78, 5) is 22.7. The number of furan rings is 1. The monoisotopic (exact) mass is 210 g/mol. The summed E-state index contributed by atoms with van der Waals surface area (Å²) in [7, 11) is 0. The summed E-state index contributed by atoms with van der Waals surface area (Å²) in [6, 6.07) is 3.16. The molecular weight excluding hydrogens is 196 g/mol. The van der Waals surface area contributed by atoms with Crippen molar-refractivity contribution in [2.24, 2.45) is 11.8 Å². The van der Waals surface area contributed by atoms with Crippen LogP contribution in [0.15, 0.2) is 16.5 Å². The van der Waals surface area contributed by atoms with Crippen LogP contribution in [0.4, 0.5) is 0 Å². The third-order valence-corrected chi connectivity index (χ3v) is 2.20. The zero-order valence-corrected chi connectivity index (χ0v) is 8.98. The van der Waals surface area contributed by atoms with Crippen LogP contribution in [-0.2, 0) is 4.79 Å². The minimum Gasteiger partial charge on any atom is -0.481 e. The van der Waals surface area contributed by atoms with E-state index in [9.17, 15) is 9.59 Å². The van der Waals surface area contributed by atoms with Crippen LogP contribution in [0, 0.1) is 18.8 Å². The molecule has 82 valence electrons. The molecule has 0 bridgehead atoms. The molecule has 1 aromatic rings. The lowest BCUT2D eigenvalue weighted by Crippen LogP contribution is -2.28. The van der Waals surface area contributed by atoms with Gasteiger partial charge in [-0.1, -0.05) is 13.8 Å². The molecule has 1 atom stereocenters. The molecule has 1 heterocycles. The van der Waals surface area contributed by atoms with E-state index in [2.05, 4.69) is 0 Å². The highest BCUT2D eigenvalue weighted by Crippen LogP contribution is 2.19. The number of hydrogen-bond donors (Lipinski definition) is 1. The van der Waals surface area contributed by atoms with Gasteiger partial charge < -0.3 is 9.52 Å². The Bertz CT molecular complexity index is 376. The van der Waals surface area contributed by atoms with Crippen LogP contribution >= 0.6 is 0 Å². The standard InChI is InChI=1S/C11H14O4/c1-6(2)9(11(13)14)10(12)8-5-4-7(3)15-8/h4-6,9H,1-3H3,(H,13,14). The van der Waals surface area contributed by atoms with E-state index in [1.165, 1.54) is 6.07 Å². The largest absolute Gasteiger partial charge is 0.481 e. The fourth-order valence-corrected chi connectivity index (χ4v) is 1.42. The molecular formula is C11H14O4. The van der Waals surface area contributed by atoms with Crippen molar-refractivity contribution in [3.63, 3.8) is 0 Å². The Labute approximate surface area is 87.9 Å². The molecule has 4 nitrogen and oxygen atoms in total. The first kappa shape index (κ1) is 11.5. The lowest BCUT2D eigenvalue weighted by Gasteiger charge is -2.12. The Balaban J connectivity index is 2.96. The zero-order valence-electron chi connectivity index (χ0n) is 8.98. The van der Waals surface area contributed by atoms with Gasteiger partial charge in [0.05, 0.1) is 0 Å². The van der Waals surface area contributed by atoms with Crippen molar-refractivity contribution in [2.75, 3.05) is 0 Å². The summed E-state index contributed by atoms with van der Waals surface area (Å²) in [6.45, 7) is 5.11. The minimum atomic E-state index is -1.11. The lowest BCUT2D eigenvalue weighted by atomic mass is 9.90. The number of carboxylic acids is 1. The number of aliphatic carboxylic acids is 1. The highest BCUT2D eigenvalue weighted by molar-refractivity contribution is 6.06. The van der Waals surface area contributed by atoms with Crippen molar-refractivity contribution in [3.8, 4) is 0 Å². The molecule has 0 aliphatic rings. The van der Waals surface area contributed by atoms with Crippen molar-refractivity contribution in [1.29, 1.82) is 0 Å². The number of carbonyl (C=O) groups is 2. The molecule has 15 heavy (non-hydrogen) atoms. The van der Waals surface area contributed by atoms with E-state index in [-0.39, 0.29) is 11.7 Å². The number of ketones is 1. The molecule has 4 heteroatoms. The summed E-state index contributed by atoms with van der Waals surface area (Å²) in [5.41, 5.74) is 0. The maximum atomic E-state index is 11.8. The van der Waals surface area contributed by atoms with Crippen LogP contribution in [-0.4, -0.2) is 16.9 Å². The van der Waals surface area contributed by atoms with Crippen molar-refractivity contribution in [1.82, 2.24) is 0 Å². The van der Waals surface area contributed by atoms with Crippen molar-refractivity contribution < 1.29 is 19.1 Å². The second-order valence-corrected chi connectivity index (χ2v) is 3.83. The van der Waals surface area contributed by atoms with Crippen LogP contribution in [0.25, 0.3) is 0 Å². The summed E-state index contributed by atoms with van der Waals surface area (Å²) >= 11 is 0. The highest BCUT2D eigenvalue weighted by atomic mass is 16.4. The topological polar surface area (TPSA) is 67.5 Å². The van der Waals surface area contributed by atoms with E-state index in [0.29, 0.717) is 5.76 Å². The van der Waals surface area contributed by atoms with Gasteiger partial charge in [-0.05, 0) is 25.0 Å². The quantitative estimate of drug-likeness (QED) is 0.610. The summed E-state index contributed by atoms with van der Waals surface area (Å²) < 4.78 is 5.11. The van der Waals surface area contributed by atoms with Gasteiger partial charge in [0.1, 0.15) is 11.7 Å². The first-order valence-electron chi connectivity index (χ1n) is 4.77. The molecule has 0 aliphatic heterocycles. The maximum Gasteiger partial charge on any atom is 0.314 e. The van der Waals surface area contributed by atoms with Gasteiger partial charge in [-0.25, -0.2) is 0 Å². The Kier molecular flexibility index (Phi) is 3.29. The van der Waals surface area contributed by atoms with Crippen molar-refractivity contribution >= 4 is 11.8 Å². The Morgan fingerprint density at radius 2 is 1.93 bits per heavy atom. The van der Waals surface area contributed by atoms with E-state index >= 15 is 0 Å². The third-order valence-electron chi connectivity index (χ3n) is 2.20. The second kappa shape index (κ2) is 4.29. The average Bonchev–Trinajstić information content (AvgIpc) is 2.50. The molecule has 0 spiro atoms. The number of rotatable bonds is 4. The normalized spacial score (nSPS) is 12.8. The van der Waals surface area contributed by atoms with Crippen LogP contribution in [0.3, 0.4) is 0 Å². The fourth-order valence-electron chi connectivity index (χ4n) is 1.42. The van der Waals surface area contributed by atoms with E-state index in [1.807, 2.05) is 0 Å². The summed E-state index contributed by atoms with van der Waals surface area (Å²) in [5.74, 6) is -2.13. The van der Waals surface area contributed by atoms with Gasteiger partial charge in [-0.2, -0.15) is 0 Å². The van der Waals surface area contributed by atoms with E-state index < -0.39 is 17.7 Å². The molecule has 0 saturated carbocycles. The predicted octanol–water partition coefficient (Wildman–Crippen LogP) is 2.13. The number of carboxylic acid groups (broad SMARTS) is 1. The molecule has 0 saturated heterocycles. The molecule has 0 fully saturated rings. The molecule has 1 rings (SSSR count). The summed E-state index contributed by atoms with van der Waals surface area (Å²) in [6.07, 6.45) is 0. The first-order valence-corrected chi connectivity index (χ1v) is 4.77. The molecule has 1 unspecified atom stereocenters. The molecule has 0 aromatic carbocycles. The van der Waals surface area contributed by atoms with Gasteiger partial charge in [0.15, 0.2) is 5.76 Å². The smallest absolute Gasteiger partial charge is 0.314 e. The van der Waals surface area contributed by atoms with Crippen molar-refractivity contribution in [2.45, 2.75) is 20.8 Å². The molecule has 0 radical (unpaired) electrons. The van der Waals surface area contributed by atoms with Crippen molar-refractivity contribution in [3.05, 3.63) is 23.7 Å². The highest BCUT2D eigenvalue weighted by Gasteiger charge is 2.32. The SMILES string of the molecule is Cc1ccc(C(=O)C(C(=O)O)C(C)C)o1. The van der Waals surface area contributed by atoms with E-state index in [4.69, 9.17) is 9.52 Å². The Morgan fingerprint density at radius 3 is 2.27 bits per heavy atom. The van der Waals surface area contributed by atoms with Gasteiger partial charge in [0.25, 0.3) is 0 Å².